The Kier molecular flexibility index (Phi) is 6.49. The summed E-state index contributed by atoms with van der Waals surface area (Å²) >= 11 is 1.28. The summed E-state index contributed by atoms with van der Waals surface area (Å²) in [5, 5.41) is 13.9. The first-order valence-corrected chi connectivity index (χ1v) is 10.2. The number of benzene rings is 1. The first-order valence-electron chi connectivity index (χ1n) is 9.27. The Morgan fingerprint density at radius 2 is 1.85 bits per heavy atom. The van der Waals surface area contributed by atoms with Crippen molar-refractivity contribution in [1.29, 1.82) is 0 Å². The molecule has 8 heteroatoms. The molecule has 1 aromatic carbocycles. The van der Waals surface area contributed by atoms with Crippen LogP contribution in [0.4, 0.5) is 4.79 Å². The molecule has 1 heterocycles. The van der Waals surface area contributed by atoms with E-state index < -0.39 is 11.3 Å². The van der Waals surface area contributed by atoms with Gasteiger partial charge in [0.25, 0.3) is 0 Å². The van der Waals surface area contributed by atoms with E-state index in [2.05, 4.69) is 20.8 Å². The molecule has 1 aliphatic rings. The predicted octanol–water partition coefficient (Wildman–Crippen LogP) is 3.12. The number of hydrogen-bond acceptors (Lipinski definition) is 5. The third-order valence-electron chi connectivity index (χ3n) is 4.70. The van der Waals surface area contributed by atoms with Crippen LogP contribution in [0.2, 0.25) is 0 Å². The van der Waals surface area contributed by atoms with Crippen LogP contribution < -0.4 is 10.6 Å². The van der Waals surface area contributed by atoms with Gasteiger partial charge in [-0.15, -0.1) is 10.2 Å². The van der Waals surface area contributed by atoms with Crippen LogP contribution in [-0.4, -0.2) is 38.0 Å². The van der Waals surface area contributed by atoms with Crippen LogP contribution in [0.15, 0.2) is 35.5 Å². The molecule has 0 bridgehead atoms. The van der Waals surface area contributed by atoms with E-state index in [4.69, 9.17) is 0 Å². The van der Waals surface area contributed by atoms with Gasteiger partial charge in [0.2, 0.25) is 5.91 Å². The van der Waals surface area contributed by atoms with Gasteiger partial charge in [0.15, 0.2) is 11.0 Å². The topological polar surface area (TPSA) is 88.9 Å². The number of amides is 3. The standard InChI is InChI=1S/C19H25N5O2S/c1-13(17(25)21-18(26)20-15-11-7-4-8-12-15)27-19-23-22-16(24(19)2)14-9-5-3-6-10-14/h3,5-6,9-10,13,15H,4,7-8,11-12H2,1-2H3,(H2,20,21,25,26). The highest BCUT2D eigenvalue weighted by molar-refractivity contribution is 8.00. The minimum absolute atomic E-state index is 0.168. The number of nitrogens with one attached hydrogen (secondary N) is 2. The maximum atomic E-state index is 12.3. The van der Waals surface area contributed by atoms with Gasteiger partial charge in [-0.05, 0) is 19.8 Å². The third kappa shape index (κ3) is 5.09. The third-order valence-corrected chi connectivity index (χ3v) is 5.83. The maximum absolute atomic E-state index is 12.3. The lowest BCUT2D eigenvalue weighted by Crippen LogP contribution is -2.47. The predicted molar refractivity (Wildman–Crippen MR) is 105 cm³/mol. The molecule has 3 rings (SSSR count). The van der Waals surface area contributed by atoms with Crippen LogP contribution in [0.25, 0.3) is 11.4 Å². The van der Waals surface area contributed by atoms with E-state index in [0.29, 0.717) is 5.16 Å². The SMILES string of the molecule is CC(Sc1nnc(-c2ccccc2)n1C)C(=O)NC(=O)NC1CCCCC1. The van der Waals surface area contributed by atoms with Crippen molar-refractivity contribution in [1.82, 2.24) is 25.4 Å². The van der Waals surface area contributed by atoms with Gasteiger partial charge in [0, 0.05) is 18.7 Å². The van der Waals surface area contributed by atoms with E-state index in [1.807, 2.05) is 41.9 Å². The summed E-state index contributed by atoms with van der Waals surface area (Å²) in [4.78, 5) is 24.4. The van der Waals surface area contributed by atoms with Crippen LogP contribution in [-0.2, 0) is 11.8 Å². The van der Waals surface area contributed by atoms with Crippen LogP contribution >= 0.6 is 11.8 Å². The average molecular weight is 388 g/mol. The van der Waals surface area contributed by atoms with Gasteiger partial charge in [-0.25, -0.2) is 4.79 Å². The monoisotopic (exact) mass is 387 g/mol. The van der Waals surface area contributed by atoms with E-state index >= 15 is 0 Å². The molecule has 0 saturated heterocycles. The molecule has 1 atom stereocenters. The minimum atomic E-state index is -0.464. The molecule has 1 aromatic heterocycles. The number of thioether (sulfide) groups is 1. The summed E-state index contributed by atoms with van der Waals surface area (Å²) in [5.74, 6) is 0.401. The molecular formula is C19H25N5O2S. The molecule has 2 aromatic rings. The lowest BCUT2D eigenvalue weighted by Gasteiger charge is -2.23. The van der Waals surface area contributed by atoms with Crippen LogP contribution in [0, 0.1) is 0 Å². The van der Waals surface area contributed by atoms with E-state index in [9.17, 15) is 9.59 Å². The fourth-order valence-corrected chi connectivity index (χ4v) is 3.96. The highest BCUT2D eigenvalue weighted by Crippen LogP contribution is 2.25. The summed E-state index contributed by atoms with van der Waals surface area (Å²) in [5.41, 5.74) is 0.961. The van der Waals surface area contributed by atoms with Crippen LogP contribution in [0.3, 0.4) is 0 Å². The van der Waals surface area contributed by atoms with Crippen molar-refractivity contribution in [2.24, 2.45) is 7.05 Å². The first kappa shape index (κ1) is 19.4. The number of carbonyl (C=O) groups is 2. The Bertz CT molecular complexity index is 787. The molecule has 1 unspecified atom stereocenters. The molecule has 1 aliphatic carbocycles. The molecule has 1 fully saturated rings. The fraction of sp³-hybridized carbons (Fsp3) is 0.474. The lowest BCUT2D eigenvalue weighted by atomic mass is 9.96. The number of imide groups is 1. The Hall–Kier alpha value is -2.35. The van der Waals surface area contributed by atoms with Crippen molar-refractivity contribution >= 4 is 23.7 Å². The second-order valence-electron chi connectivity index (χ2n) is 6.79. The Labute approximate surface area is 163 Å². The molecule has 2 N–H and O–H groups in total. The van der Waals surface area contributed by atoms with Crippen molar-refractivity contribution in [3.8, 4) is 11.4 Å². The van der Waals surface area contributed by atoms with E-state index in [-0.39, 0.29) is 11.9 Å². The average Bonchev–Trinajstić information content (AvgIpc) is 3.03. The zero-order chi connectivity index (χ0) is 19.2. The summed E-state index contributed by atoms with van der Waals surface area (Å²) < 4.78 is 1.85. The van der Waals surface area contributed by atoms with Gasteiger partial charge in [-0.2, -0.15) is 0 Å². The zero-order valence-corrected chi connectivity index (χ0v) is 16.5. The highest BCUT2D eigenvalue weighted by atomic mass is 32.2. The zero-order valence-electron chi connectivity index (χ0n) is 15.6. The van der Waals surface area contributed by atoms with Crippen molar-refractivity contribution in [2.75, 3.05) is 0 Å². The van der Waals surface area contributed by atoms with Gasteiger partial charge in [-0.1, -0.05) is 61.4 Å². The molecule has 7 nitrogen and oxygen atoms in total. The quantitative estimate of drug-likeness (QED) is 0.770. The Morgan fingerprint density at radius 1 is 1.15 bits per heavy atom. The van der Waals surface area contributed by atoms with Gasteiger partial charge in [0.05, 0.1) is 5.25 Å². The summed E-state index contributed by atoms with van der Waals surface area (Å²) in [6.45, 7) is 1.75. The Morgan fingerprint density at radius 3 is 2.56 bits per heavy atom. The number of hydrogen-bond donors (Lipinski definition) is 2. The molecular weight excluding hydrogens is 362 g/mol. The molecule has 0 aliphatic heterocycles. The van der Waals surface area contributed by atoms with Gasteiger partial charge >= 0.3 is 6.03 Å². The van der Waals surface area contributed by atoms with Crippen LogP contribution in [0.5, 0.6) is 0 Å². The van der Waals surface area contributed by atoms with Crippen molar-refractivity contribution < 1.29 is 9.59 Å². The van der Waals surface area contributed by atoms with Crippen molar-refractivity contribution in [3.05, 3.63) is 30.3 Å². The maximum Gasteiger partial charge on any atom is 0.321 e. The smallest absolute Gasteiger partial charge is 0.321 e. The van der Waals surface area contributed by atoms with E-state index in [1.165, 1.54) is 18.2 Å². The fourth-order valence-electron chi connectivity index (χ4n) is 3.15. The molecule has 0 radical (unpaired) electrons. The molecule has 1 saturated carbocycles. The second-order valence-corrected chi connectivity index (χ2v) is 8.10. The second kappa shape index (κ2) is 9.03. The number of aromatic nitrogens is 3. The van der Waals surface area contributed by atoms with Crippen molar-refractivity contribution in [3.63, 3.8) is 0 Å². The number of rotatable bonds is 5. The number of urea groups is 1. The van der Waals surface area contributed by atoms with E-state index in [1.54, 1.807) is 6.92 Å². The molecule has 3 amide bonds. The first-order chi connectivity index (χ1) is 13.0. The molecule has 144 valence electrons. The van der Waals surface area contributed by atoms with Gasteiger partial charge < -0.3 is 9.88 Å². The highest BCUT2D eigenvalue weighted by Gasteiger charge is 2.22. The number of carbonyl (C=O) groups excluding carboxylic acids is 2. The lowest BCUT2D eigenvalue weighted by molar-refractivity contribution is -0.119. The largest absolute Gasteiger partial charge is 0.335 e. The normalized spacial score (nSPS) is 15.9. The summed E-state index contributed by atoms with van der Waals surface area (Å²) in [6.07, 6.45) is 5.43. The summed E-state index contributed by atoms with van der Waals surface area (Å²) in [6, 6.07) is 9.51. The minimum Gasteiger partial charge on any atom is -0.335 e. The summed E-state index contributed by atoms with van der Waals surface area (Å²) in [7, 11) is 1.87. The molecule has 27 heavy (non-hydrogen) atoms. The van der Waals surface area contributed by atoms with E-state index in [0.717, 1.165) is 37.1 Å². The van der Waals surface area contributed by atoms with Crippen LogP contribution in [0.1, 0.15) is 39.0 Å². The Balaban J connectivity index is 1.55. The van der Waals surface area contributed by atoms with Gasteiger partial charge in [-0.3, -0.25) is 10.1 Å². The van der Waals surface area contributed by atoms with Crippen molar-refractivity contribution in [2.45, 2.75) is 55.5 Å². The van der Waals surface area contributed by atoms with Gasteiger partial charge in [0.1, 0.15) is 0 Å². The number of nitrogens with zero attached hydrogens (tertiary/aromatic N) is 3. The molecule has 0 spiro atoms.